The van der Waals surface area contributed by atoms with Crippen molar-refractivity contribution < 1.29 is 14.4 Å². The molecule has 0 aliphatic carbocycles. The molecule has 3 aromatic carbocycles. The zero-order chi connectivity index (χ0) is 18.6. The molecule has 0 aromatic heterocycles. The lowest BCUT2D eigenvalue weighted by Gasteiger charge is -2.32. The van der Waals surface area contributed by atoms with E-state index < -0.39 is 0 Å². The smallest absolute Gasteiger partial charge is 0.254 e. The van der Waals surface area contributed by atoms with Crippen molar-refractivity contribution in [3.63, 3.8) is 0 Å². The Labute approximate surface area is 160 Å². The molecule has 3 aromatic rings. The zero-order valence-electron chi connectivity index (χ0n) is 15.7. The molecule has 4 nitrogen and oxygen atoms in total. The molecular weight excluding hydrogens is 336 g/mol. The maximum Gasteiger partial charge on any atom is 0.254 e. The second-order valence-electron chi connectivity index (χ2n) is 7.06. The number of benzene rings is 3. The summed E-state index contributed by atoms with van der Waals surface area (Å²) in [5.41, 5.74) is 2.03. The molecule has 1 saturated heterocycles. The number of nitrogens with one attached hydrogen (secondary N) is 1. The van der Waals surface area contributed by atoms with Crippen LogP contribution in [0.3, 0.4) is 0 Å². The first kappa shape index (κ1) is 17.6. The third-order valence-corrected chi connectivity index (χ3v) is 5.41. The minimum absolute atomic E-state index is 0.142. The molecule has 27 heavy (non-hydrogen) atoms. The van der Waals surface area contributed by atoms with Crippen molar-refractivity contribution in [3.8, 4) is 5.75 Å². The first-order valence-electron chi connectivity index (χ1n) is 9.49. The van der Waals surface area contributed by atoms with E-state index in [-0.39, 0.29) is 5.91 Å². The highest BCUT2D eigenvalue weighted by Gasteiger charge is 2.26. The number of carbonyl (C=O) groups excluding carboxylic acids is 1. The highest BCUT2D eigenvalue weighted by atomic mass is 16.5. The highest BCUT2D eigenvalue weighted by Crippen LogP contribution is 2.20. The van der Waals surface area contributed by atoms with Gasteiger partial charge in [-0.3, -0.25) is 4.79 Å². The quantitative estimate of drug-likeness (QED) is 0.774. The molecule has 138 valence electrons. The first-order valence-corrected chi connectivity index (χ1v) is 9.49. The lowest BCUT2D eigenvalue weighted by atomic mass is 10.0. The molecule has 1 fully saturated rings. The fourth-order valence-electron chi connectivity index (χ4n) is 3.90. The van der Waals surface area contributed by atoms with E-state index in [1.807, 2.05) is 47.4 Å². The maximum absolute atomic E-state index is 13.1. The number of hydrogen-bond acceptors (Lipinski definition) is 2. The largest absolute Gasteiger partial charge is 0.496 e. The number of nitrogens with zero attached hydrogens (tertiary/aromatic N) is 1. The van der Waals surface area contributed by atoms with Crippen molar-refractivity contribution in [1.82, 2.24) is 4.90 Å². The Morgan fingerprint density at radius 3 is 2.48 bits per heavy atom. The number of carbonyl (C=O) groups is 1. The van der Waals surface area contributed by atoms with Gasteiger partial charge in [-0.2, -0.15) is 0 Å². The van der Waals surface area contributed by atoms with E-state index in [0.29, 0.717) is 0 Å². The molecule has 0 bridgehead atoms. The van der Waals surface area contributed by atoms with Crippen LogP contribution in [-0.2, 0) is 6.54 Å². The van der Waals surface area contributed by atoms with Gasteiger partial charge in [0.25, 0.3) is 5.91 Å². The van der Waals surface area contributed by atoms with Crippen molar-refractivity contribution in [2.45, 2.75) is 6.54 Å². The topological polar surface area (TPSA) is 34.0 Å². The third kappa shape index (κ3) is 3.67. The van der Waals surface area contributed by atoms with Crippen LogP contribution in [0.4, 0.5) is 0 Å². The summed E-state index contributed by atoms with van der Waals surface area (Å²) < 4.78 is 5.47. The zero-order valence-corrected chi connectivity index (χ0v) is 15.7. The minimum Gasteiger partial charge on any atom is -0.496 e. The van der Waals surface area contributed by atoms with Gasteiger partial charge >= 0.3 is 0 Å². The van der Waals surface area contributed by atoms with Crippen molar-refractivity contribution in [2.75, 3.05) is 33.3 Å². The van der Waals surface area contributed by atoms with Gasteiger partial charge in [-0.25, -0.2) is 0 Å². The van der Waals surface area contributed by atoms with E-state index in [9.17, 15) is 4.79 Å². The summed E-state index contributed by atoms with van der Waals surface area (Å²) in [6.07, 6.45) is 0. The molecule has 4 heteroatoms. The predicted octanol–water partition coefficient (Wildman–Crippen LogP) is 2.39. The lowest BCUT2D eigenvalue weighted by Crippen LogP contribution is -3.13. The Morgan fingerprint density at radius 1 is 0.963 bits per heavy atom. The molecule has 1 aliphatic rings. The molecule has 1 amide bonds. The molecular formula is C23H25N2O2+. The van der Waals surface area contributed by atoms with Gasteiger partial charge in [-0.1, -0.05) is 48.5 Å². The number of quaternary nitrogens is 1. The van der Waals surface area contributed by atoms with Crippen LogP contribution in [-0.4, -0.2) is 44.1 Å². The highest BCUT2D eigenvalue weighted by molar-refractivity contribution is 6.07. The second-order valence-corrected chi connectivity index (χ2v) is 7.06. The Balaban J connectivity index is 1.44. The van der Waals surface area contributed by atoms with Gasteiger partial charge in [-0.15, -0.1) is 0 Å². The average Bonchev–Trinajstić information content (AvgIpc) is 2.74. The van der Waals surface area contributed by atoms with E-state index in [4.69, 9.17) is 4.74 Å². The van der Waals surface area contributed by atoms with E-state index in [2.05, 4.69) is 24.3 Å². The van der Waals surface area contributed by atoms with Crippen LogP contribution in [0.15, 0.2) is 66.7 Å². The molecule has 0 spiro atoms. The van der Waals surface area contributed by atoms with Crippen LogP contribution in [0.1, 0.15) is 15.9 Å². The van der Waals surface area contributed by atoms with Crippen LogP contribution in [0.25, 0.3) is 10.8 Å². The van der Waals surface area contributed by atoms with Crippen molar-refractivity contribution >= 4 is 16.7 Å². The lowest BCUT2D eigenvalue weighted by molar-refractivity contribution is -0.917. The predicted molar refractivity (Wildman–Crippen MR) is 107 cm³/mol. The molecule has 0 radical (unpaired) electrons. The second kappa shape index (κ2) is 7.80. The Bertz CT molecular complexity index is 941. The van der Waals surface area contributed by atoms with Gasteiger partial charge in [0.05, 0.1) is 33.3 Å². The monoisotopic (exact) mass is 361 g/mol. The summed E-state index contributed by atoms with van der Waals surface area (Å²) >= 11 is 0. The van der Waals surface area contributed by atoms with Crippen LogP contribution in [0, 0.1) is 0 Å². The van der Waals surface area contributed by atoms with Gasteiger partial charge in [0.15, 0.2) is 0 Å². The van der Waals surface area contributed by atoms with Gasteiger partial charge in [-0.05, 0) is 29.0 Å². The summed E-state index contributed by atoms with van der Waals surface area (Å²) in [4.78, 5) is 16.6. The van der Waals surface area contributed by atoms with E-state index in [0.717, 1.165) is 54.8 Å². The number of piperazine rings is 1. The molecule has 1 aliphatic heterocycles. The number of fused-ring (bicyclic) bond motifs is 1. The fraction of sp³-hybridized carbons (Fsp3) is 0.261. The van der Waals surface area contributed by atoms with Crippen LogP contribution in [0.2, 0.25) is 0 Å². The number of hydrogen-bond donors (Lipinski definition) is 1. The first-order chi connectivity index (χ1) is 13.3. The summed E-state index contributed by atoms with van der Waals surface area (Å²) in [5.74, 6) is 1.09. The number of rotatable bonds is 4. The summed E-state index contributed by atoms with van der Waals surface area (Å²) in [5, 5.41) is 2.15. The molecule has 1 heterocycles. The van der Waals surface area contributed by atoms with Crippen molar-refractivity contribution in [1.29, 1.82) is 0 Å². The normalized spacial score (nSPS) is 15.1. The SMILES string of the molecule is COc1ccccc1C[NH+]1CCN(C(=O)c2cccc3ccccc23)CC1. The van der Waals surface area contributed by atoms with E-state index >= 15 is 0 Å². The van der Waals surface area contributed by atoms with E-state index in [1.54, 1.807) is 7.11 Å². The van der Waals surface area contributed by atoms with Crippen molar-refractivity contribution in [2.24, 2.45) is 0 Å². The molecule has 0 atom stereocenters. The van der Waals surface area contributed by atoms with Gasteiger partial charge in [0.2, 0.25) is 0 Å². The van der Waals surface area contributed by atoms with Gasteiger partial charge in [0, 0.05) is 11.1 Å². The average molecular weight is 361 g/mol. The Hall–Kier alpha value is -2.85. The van der Waals surface area contributed by atoms with Gasteiger partial charge in [0.1, 0.15) is 12.3 Å². The molecule has 4 rings (SSSR count). The maximum atomic E-state index is 13.1. The third-order valence-electron chi connectivity index (χ3n) is 5.41. The van der Waals surface area contributed by atoms with Gasteiger partial charge < -0.3 is 14.5 Å². The number of para-hydroxylation sites is 1. The molecule has 0 saturated carbocycles. The minimum atomic E-state index is 0.142. The van der Waals surface area contributed by atoms with Crippen LogP contribution in [0.5, 0.6) is 5.75 Å². The van der Waals surface area contributed by atoms with Crippen LogP contribution < -0.4 is 9.64 Å². The summed E-state index contributed by atoms with van der Waals surface area (Å²) in [7, 11) is 1.72. The Morgan fingerprint density at radius 2 is 1.67 bits per heavy atom. The fourth-order valence-corrected chi connectivity index (χ4v) is 3.90. The Kier molecular flexibility index (Phi) is 5.07. The number of methoxy groups -OCH3 is 1. The van der Waals surface area contributed by atoms with E-state index in [1.165, 1.54) is 10.5 Å². The standard InChI is InChI=1S/C23H24N2O2/c1-27-22-12-5-3-8-19(22)17-24-13-15-25(16-14-24)23(26)21-11-6-9-18-7-2-4-10-20(18)21/h2-12H,13-17H2,1H3/p+1. The van der Waals surface area contributed by atoms with Crippen LogP contribution >= 0.6 is 0 Å². The number of amides is 1. The molecule has 1 N–H and O–H groups in total. The number of ether oxygens (including phenoxy) is 1. The van der Waals surface area contributed by atoms with Crippen molar-refractivity contribution in [3.05, 3.63) is 77.9 Å². The summed E-state index contributed by atoms with van der Waals surface area (Å²) in [6, 6.07) is 22.3. The summed E-state index contributed by atoms with van der Waals surface area (Å²) in [6.45, 7) is 4.41. The molecule has 0 unspecified atom stereocenters.